The minimum Gasteiger partial charge on any atom is -0.497 e. The van der Waals surface area contributed by atoms with Gasteiger partial charge in [0.05, 0.1) is 12.5 Å². The van der Waals surface area contributed by atoms with Crippen LogP contribution in [-0.2, 0) is 5.41 Å². The second kappa shape index (κ2) is 4.85. The van der Waals surface area contributed by atoms with Gasteiger partial charge in [0.15, 0.2) is 0 Å². The fraction of sp³-hybridized carbons (Fsp3) is 0.130. The first-order valence-corrected chi connectivity index (χ1v) is 8.39. The summed E-state index contributed by atoms with van der Waals surface area (Å²) in [5.74, 6) is 0.917. The Bertz CT molecular complexity index is 983. The van der Waals surface area contributed by atoms with Gasteiger partial charge in [-0.05, 0) is 51.9 Å². The highest BCUT2D eigenvalue weighted by Crippen LogP contribution is 2.57. The number of rotatable bonds is 1. The summed E-state index contributed by atoms with van der Waals surface area (Å²) in [6.45, 7) is 0. The molecule has 0 saturated heterocycles. The van der Waals surface area contributed by atoms with Gasteiger partial charge in [-0.1, -0.05) is 66.7 Å². The third-order valence-corrected chi connectivity index (χ3v) is 5.51. The Morgan fingerprint density at radius 1 is 0.792 bits per heavy atom. The number of fused-ring (bicyclic) bond motifs is 7. The fourth-order valence-electron chi connectivity index (χ4n) is 4.49. The Morgan fingerprint density at radius 3 is 2.42 bits per heavy atom. The summed E-state index contributed by atoms with van der Waals surface area (Å²) in [7, 11) is 1.73. The van der Waals surface area contributed by atoms with Crippen LogP contribution in [0.15, 0.2) is 72.8 Å². The topological polar surface area (TPSA) is 9.23 Å². The van der Waals surface area contributed by atoms with Crippen molar-refractivity contribution in [2.75, 3.05) is 7.11 Å². The molecule has 0 amide bonds. The van der Waals surface area contributed by atoms with Crippen LogP contribution in [0.1, 0.15) is 28.7 Å². The predicted octanol–water partition coefficient (Wildman–Crippen LogP) is 5.43. The van der Waals surface area contributed by atoms with Crippen LogP contribution < -0.4 is 4.74 Å². The number of ether oxygens (including phenoxy) is 1. The smallest absolute Gasteiger partial charge is 0.119 e. The van der Waals surface area contributed by atoms with E-state index in [0.29, 0.717) is 0 Å². The van der Waals surface area contributed by atoms with Crippen molar-refractivity contribution in [1.29, 1.82) is 0 Å². The van der Waals surface area contributed by atoms with Crippen molar-refractivity contribution in [1.82, 2.24) is 0 Å². The monoisotopic (exact) mass is 310 g/mol. The van der Waals surface area contributed by atoms with E-state index in [9.17, 15) is 0 Å². The first-order valence-electron chi connectivity index (χ1n) is 8.39. The van der Waals surface area contributed by atoms with E-state index in [0.717, 1.165) is 12.2 Å². The molecule has 0 saturated carbocycles. The van der Waals surface area contributed by atoms with Crippen LogP contribution in [0.5, 0.6) is 5.75 Å². The van der Waals surface area contributed by atoms with Crippen LogP contribution in [0.3, 0.4) is 0 Å². The highest BCUT2D eigenvalue weighted by molar-refractivity contribution is 5.86. The SMILES string of the molecule is COc1ccc2c(c1)-c1ccccc1C21CC=Cc2ccccc21. The molecular weight excluding hydrogens is 292 g/mol. The van der Waals surface area contributed by atoms with Crippen molar-refractivity contribution in [2.24, 2.45) is 0 Å². The second-order valence-corrected chi connectivity index (χ2v) is 6.56. The molecule has 0 radical (unpaired) electrons. The Kier molecular flexibility index (Phi) is 2.75. The summed E-state index contributed by atoms with van der Waals surface area (Å²) in [5, 5.41) is 0. The summed E-state index contributed by atoms with van der Waals surface area (Å²) < 4.78 is 5.49. The molecule has 116 valence electrons. The first-order chi connectivity index (χ1) is 11.8. The Morgan fingerprint density at radius 2 is 1.54 bits per heavy atom. The van der Waals surface area contributed by atoms with E-state index < -0.39 is 0 Å². The van der Waals surface area contributed by atoms with E-state index in [4.69, 9.17) is 4.74 Å². The Balaban J connectivity index is 1.90. The molecule has 5 rings (SSSR count). The van der Waals surface area contributed by atoms with Gasteiger partial charge in [-0.2, -0.15) is 0 Å². The largest absolute Gasteiger partial charge is 0.497 e. The van der Waals surface area contributed by atoms with Crippen molar-refractivity contribution in [3.63, 3.8) is 0 Å². The third-order valence-electron chi connectivity index (χ3n) is 5.51. The standard InChI is InChI=1S/C23H18O/c1-24-17-12-13-22-19(15-17)18-9-3-5-11-21(18)23(22)14-6-8-16-7-2-4-10-20(16)23/h2-13,15H,14H2,1H3. The molecule has 1 nitrogen and oxygen atoms in total. The average molecular weight is 310 g/mol. The molecule has 1 heteroatoms. The van der Waals surface area contributed by atoms with E-state index in [-0.39, 0.29) is 5.41 Å². The number of methoxy groups -OCH3 is 1. The van der Waals surface area contributed by atoms with Crippen LogP contribution in [0.2, 0.25) is 0 Å². The minimum atomic E-state index is -0.0798. The van der Waals surface area contributed by atoms with Gasteiger partial charge in [-0.25, -0.2) is 0 Å². The molecule has 2 aliphatic rings. The molecule has 0 N–H and O–H groups in total. The maximum absolute atomic E-state index is 5.49. The lowest BCUT2D eigenvalue weighted by Crippen LogP contribution is -2.28. The first kappa shape index (κ1) is 13.6. The molecule has 3 aromatic carbocycles. The zero-order chi connectivity index (χ0) is 16.1. The number of benzene rings is 3. The van der Waals surface area contributed by atoms with Crippen LogP contribution in [0.25, 0.3) is 17.2 Å². The van der Waals surface area contributed by atoms with Gasteiger partial charge in [0, 0.05) is 0 Å². The molecule has 3 aromatic rings. The molecule has 1 unspecified atom stereocenters. The van der Waals surface area contributed by atoms with Crippen molar-refractivity contribution >= 4 is 6.08 Å². The number of allylic oxidation sites excluding steroid dienone is 1. The van der Waals surface area contributed by atoms with Gasteiger partial charge >= 0.3 is 0 Å². The predicted molar refractivity (Wildman–Crippen MR) is 98.4 cm³/mol. The van der Waals surface area contributed by atoms with Crippen molar-refractivity contribution in [2.45, 2.75) is 11.8 Å². The van der Waals surface area contributed by atoms with Crippen molar-refractivity contribution < 1.29 is 4.74 Å². The molecular formula is C23H18O. The summed E-state index contributed by atoms with van der Waals surface area (Å²) in [6.07, 6.45) is 5.57. The molecule has 2 aliphatic carbocycles. The lowest BCUT2D eigenvalue weighted by atomic mass is 9.66. The van der Waals surface area contributed by atoms with Gasteiger partial charge in [0.2, 0.25) is 0 Å². The molecule has 24 heavy (non-hydrogen) atoms. The van der Waals surface area contributed by atoms with E-state index in [1.165, 1.54) is 33.4 Å². The zero-order valence-corrected chi connectivity index (χ0v) is 13.6. The molecule has 0 bridgehead atoms. The Labute approximate surface area is 142 Å². The van der Waals surface area contributed by atoms with Crippen LogP contribution in [0, 0.1) is 0 Å². The minimum absolute atomic E-state index is 0.0798. The van der Waals surface area contributed by atoms with Gasteiger partial charge in [0.25, 0.3) is 0 Å². The van der Waals surface area contributed by atoms with Crippen molar-refractivity contribution in [3.05, 3.63) is 95.1 Å². The van der Waals surface area contributed by atoms with Crippen LogP contribution >= 0.6 is 0 Å². The molecule has 0 aliphatic heterocycles. The van der Waals surface area contributed by atoms with Gasteiger partial charge in [0.1, 0.15) is 5.75 Å². The zero-order valence-electron chi connectivity index (χ0n) is 13.6. The number of hydrogen-bond donors (Lipinski definition) is 0. The highest BCUT2D eigenvalue weighted by atomic mass is 16.5. The summed E-state index contributed by atoms with van der Waals surface area (Å²) in [6, 6.07) is 24.1. The van der Waals surface area contributed by atoms with E-state index in [2.05, 4.69) is 78.9 Å². The quantitative estimate of drug-likeness (QED) is 0.582. The van der Waals surface area contributed by atoms with Gasteiger partial charge in [-0.15, -0.1) is 0 Å². The summed E-state index contributed by atoms with van der Waals surface area (Å²) in [5.41, 5.74) is 8.08. The fourth-order valence-corrected chi connectivity index (χ4v) is 4.49. The van der Waals surface area contributed by atoms with E-state index in [1.807, 2.05) is 0 Å². The molecule has 0 fully saturated rings. The average Bonchev–Trinajstić information content (AvgIpc) is 2.93. The summed E-state index contributed by atoms with van der Waals surface area (Å²) in [4.78, 5) is 0. The molecule has 1 spiro atoms. The second-order valence-electron chi connectivity index (χ2n) is 6.56. The lowest BCUT2D eigenvalue weighted by Gasteiger charge is -2.35. The maximum Gasteiger partial charge on any atom is 0.119 e. The third kappa shape index (κ3) is 1.59. The Hall–Kier alpha value is -2.80. The summed E-state index contributed by atoms with van der Waals surface area (Å²) >= 11 is 0. The van der Waals surface area contributed by atoms with E-state index in [1.54, 1.807) is 7.11 Å². The molecule has 0 heterocycles. The van der Waals surface area contributed by atoms with Gasteiger partial charge < -0.3 is 4.74 Å². The lowest BCUT2D eigenvalue weighted by molar-refractivity contribution is 0.414. The van der Waals surface area contributed by atoms with Crippen LogP contribution in [0.4, 0.5) is 0 Å². The molecule has 1 atom stereocenters. The van der Waals surface area contributed by atoms with Gasteiger partial charge in [-0.3, -0.25) is 0 Å². The maximum atomic E-state index is 5.49. The number of hydrogen-bond acceptors (Lipinski definition) is 1. The van der Waals surface area contributed by atoms with E-state index >= 15 is 0 Å². The molecule has 0 aromatic heterocycles. The van der Waals surface area contributed by atoms with Crippen LogP contribution in [-0.4, -0.2) is 7.11 Å². The van der Waals surface area contributed by atoms with Crippen molar-refractivity contribution in [3.8, 4) is 16.9 Å². The highest BCUT2D eigenvalue weighted by Gasteiger charge is 2.45. The normalized spacial score (nSPS) is 19.7.